The number of hydrogen-bond donors (Lipinski definition) is 0. The molecule has 0 saturated heterocycles. The van der Waals surface area contributed by atoms with Crippen LogP contribution in [0.15, 0.2) is 42.5 Å². The fourth-order valence-electron chi connectivity index (χ4n) is 2.19. The monoisotopic (exact) mass is 345 g/mol. The summed E-state index contributed by atoms with van der Waals surface area (Å²) in [6.45, 7) is 0.0554. The summed E-state index contributed by atoms with van der Waals surface area (Å²) in [4.78, 5) is 34.6. The molecule has 0 atom stereocenters. The van der Waals surface area contributed by atoms with Crippen LogP contribution in [0, 0.1) is 10.1 Å². The maximum absolute atomic E-state index is 12.0. The van der Waals surface area contributed by atoms with Gasteiger partial charge >= 0.3 is 17.6 Å². The number of esters is 2. The number of carbonyl (C=O) groups is 2. The van der Waals surface area contributed by atoms with E-state index in [4.69, 9.17) is 4.74 Å². The molecule has 0 fully saturated rings. The van der Waals surface area contributed by atoms with Crippen molar-refractivity contribution in [3.05, 3.63) is 69.3 Å². The molecule has 8 heteroatoms. The van der Waals surface area contributed by atoms with Crippen molar-refractivity contribution in [3.63, 3.8) is 0 Å². The number of benzene rings is 2. The van der Waals surface area contributed by atoms with Crippen LogP contribution in [0.2, 0.25) is 0 Å². The molecule has 0 saturated carbocycles. The second-order valence-corrected chi connectivity index (χ2v) is 4.85. The first-order chi connectivity index (χ1) is 12.0. The van der Waals surface area contributed by atoms with Gasteiger partial charge in [-0.25, -0.2) is 9.59 Å². The van der Waals surface area contributed by atoms with E-state index < -0.39 is 28.1 Å². The maximum atomic E-state index is 12.0. The lowest BCUT2D eigenvalue weighted by molar-refractivity contribution is -0.386. The first-order valence-corrected chi connectivity index (χ1v) is 7.14. The molecular formula is C17H15NO7. The van der Waals surface area contributed by atoms with Gasteiger partial charge in [-0.1, -0.05) is 30.3 Å². The summed E-state index contributed by atoms with van der Waals surface area (Å²) in [6.07, 6.45) is 0. The average Bonchev–Trinajstić information content (AvgIpc) is 2.64. The maximum Gasteiger partial charge on any atom is 0.345 e. The lowest BCUT2D eigenvalue weighted by Crippen LogP contribution is -2.15. The SMILES string of the molecule is COC(=O)c1ccc(OCc2ccccc2)c([N+](=O)[O-])c1C(=O)OC. The highest BCUT2D eigenvalue weighted by Gasteiger charge is 2.33. The molecule has 0 unspecified atom stereocenters. The quantitative estimate of drug-likeness (QED) is 0.450. The van der Waals surface area contributed by atoms with Crippen molar-refractivity contribution < 1.29 is 28.7 Å². The Balaban J connectivity index is 2.51. The summed E-state index contributed by atoms with van der Waals surface area (Å²) in [5, 5.41) is 11.5. The zero-order valence-corrected chi connectivity index (χ0v) is 13.6. The van der Waals surface area contributed by atoms with E-state index in [1.807, 2.05) is 6.07 Å². The smallest absolute Gasteiger partial charge is 0.345 e. The molecule has 0 aromatic heterocycles. The highest BCUT2D eigenvalue weighted by Crippen LogP contribution is 2.35. The van der Waals surface area contributed by atoms with Crippen molar-refractivity contribution in [2.75, 3.05) is 14.2 Å². The molecule has 8 nitrogen and oxygen atoms in total. The number of hydrogen-bond acceptors (Lipinski definition) is 7. The summed E-state index contributed by atoms with van der Waals surface area (Å²) in [6, 6.07) is 11.5. The number of carbonyl (C=O) groups excluding carboxylic acids is 2. The second-order valence-electron chi connectivity index (χ2n) is 4.85. The zero-order chi connectivity index (χ0) is 18.4. The first-order valence-electron chi connectivity index (χ1n) is 7.14. The molecule has 130 valence electrons. The Kier molecular flexibility index (Phi) is 5.67. The molecular weight excluding hydrogens is 330 g/mol. The molecule has 2 aromatic carbocycles. The third-order valence-electron chi connectivity index (χ3n) is 3.36. The van der Waals surface area contributed by atoms with Crippen molar-refractivity contribution in [1.29, 1.82) is 0 Å². The van der Waals surface area contributed by atoms with Crippen LogP contribution in [0.1, 0.15) is 26.3 Å². The van der Waals surface area contributed by atoms with Gasteiger partial charge in [0.05, 0.1) is 24.7 Å². The summed E-state index contributed by atoms with van der Waals surface area (Å²) in [5.41, 5.74) is -0.642. The standard InChI is InChI=1S/C17H15NO7/c1-23-16(19)12-8-9-13(25-10-11-6-4-3-5-7-11)15(18(21)22)14(12)17(20)24-2/h3-9H,10H2,1-2H3. The molecule has 0 bridgehead atoms. The van der Waals surface area contributed by atoms with Gasteiger partial charge in [0.25, 0.3) is 0 Å². The molecule has 0 N–H and O–H groups in total. The first kappa shape index (κ1) is 17.9. The van der Waals surface area contributed by atoms with Crippen molar-refractivity contribution in [2.45, 2.75) is 6.61 Å². The van der Waals surface area contributed by atoms with Crippen LogP contribution in [0.25, 0.3) is 0 Å². The van der Waals surface area contributed by atoms with Crippen LogP contribution >= 0.6 is 0 Å². The summed E-state index contributed by atoms with van der Waals surface area (Å²) >= 11 is 0. The number of nitro groups is 1. The number of methoxy groups -OCH3 is 2. The summed E-state index contributed by atoms with van der Waals surface area (Å²) in [5.74, 6) is -2.07. The fraction of sp³-hybridized carbons (Fsp3) is 0.176. The summed E-state index contributed by atoms with van der Waals surface area (Å²) < 4.78 is 14.6. The van der Waals surface area contributed by atoms with Gasteiger partial charge in [0.15, 0.2) is 11.3 Å². The summed E-state index contributed by atoms with van der Waals surface area (Å²) in [7, 11) is 2.17. The lowest BCUT2D eigenvalue weighted by Gasteiger charge is -2.12. The van der Waals surface area contributed by atoms with Gasteiger partial charge in [-0.2, -0.15) is 0 Å². The van der Waals surface area contributed by atoms with E-state index in [-0.39, 0.29) is 17.9 Å². The van der Waals surface area contributed by atoms with Crippen LogP contribution in [-0.4, -0.2) is 31.1 Å². The highest BCUT2D eigenvalue weighted by atomic mass is 16.6. The van der Waals surface area contributed by atoms with Gasteiger partial charge < -0.3 is 14.2 Å². The van der Waals surface area contributed by atoms with Gasteiger partial charge in [0.1, 0.15) is 6.61 Å². The van der Waals surface area contributed by atoms with Crippen LogP contribution < -0.4 is 4.74 Å². The molecule has 0 aliphatic carbocycles. The fourth-order valence-corrected chi connectivity index (χ4v) is 2.19. The Morgan fingerprint density at radius 1 is 1.00 bits per heavy atom. The van der Waals surface area contributed by atoms with Crippen molar-refractivity contribution in [2.24, 2.45) is 0 Å². The lowest BCUT2D eigenvalue weighted by atomic mass is 10.0. The van der Waals surface area contributed by atoms with Crippen LogP contribution in [0.5, 0.6) is 5.75 Å². The Morgan fingerprint density at radius 2 is 1.64 bits per heavy atom. The highest BCUT2D eigenvalue weighted by molar-refractivity contribution is 6.06. The number of rotatable bonds is 6. The molecule has 0 radical (unpaired) electrons. The van der Waals surface area contributed by atoms with Crippen molar-refractivity contribution in [1.82, 2.24) is 0 Å². The minimum atomic E-state index is -1.03. The van der Waals surface area contributed by atoms with Gasteiger partial charge in [-0.3, -0.25) is 10.1 Å². The third kappa shape index (κ3) is 3.92. The third-order valence-corrected chi connectivity index (χ3v) is 3.36. The van der Waals surface area contributed by atoms with Crippen molar-refractivity contribution in [3.8, 4) is 5.75 Å². The van der Waals surface area contributed by atoms with E-state index in [1.165, 1.54) is 12.1 Å². The number of nitro benzene ring substituents is 1. The van der Waals surface area contributed by atoms with Crippen molar-refractivity contribution >= 4 is 17.6 Å². The molecule has 0 heterocycles. The molecule has 25 heavy (non-hydrogen) atoms. The van der Waals surface area contributed by atoms with Gasteiger partial charge in [0, 0.05) is 0 Å². The van der Waals surface area contributed by atoms with E-state index in [0.29, 0.717) is 0 Å². The van der Waals surface area contributed by atoms with Gasteiger partial charge in [0.2, 0.25) is 0 Å². The zero-order valence-electron chi connectivity index (χ0n) is 13.6. The van der Waals surface area contributed by atoms with E-state index in [9.17, 15) is 19.7 Å². The molecule has 0 spiro atoms. The predicted octanol–water partition coefficient (Wildman–Crippen LogP) is 2.75. The minimum absolute atomic E-state index is 0.0554. The Bertz CT molecular complexity index is 802. The van der Waals surface area contributed by atoms with Crippen LogP contribution in [0.3, 0.4) is 0 Å². The Morgan fingerprint density at radius 3 is 2.20 bits per heavy atom. The largest absolute Gasteiger partial charge is 0.482 e. The Hall–Kier alpha value is -3.42. The number of ether oxygens (including phenoxy) is 3. The number of nitrogens with zero attached hydrogens (tertiary/aromatic N) is 1. The van der Waals surface area contributed by atoms with E-state index in [2.05, 4.69) is 9.47 Å². The Labute approximate surface area is 143 Å². The predicted molar refractivity (Wildman–Crippen MR) is 86.5 cm³/mol. The van der Waals surface area contributed by atoms with E-state index in [1.54, 1.807) is 24.3 Å². The molecule has 2 aromatic rings. The van der Waals surface area contributed by atoms with Crippen LogP contribution in [0.4, 0.5) is 5.69 Å². The molecule has 0 amide bonds. The molecule has 0 aliphatic rings. The van der Waals surface area contributed by atoms with Crippen LogP contribution in [-0.2, 0) is 16.1 Å². The van der Waals surface area contributed by atoms with E-state index in [0.717, 1.165) is 19.8 Å². The molecule has 0 aliphatic heterocycles. The van der Waals surface area contributed by atoms with E-state index >= 15 is 0 Å². The van der Waals surface area contributed by atoms with Gasteiger partial charge in [-0.05, 0) is 17.7 Å². The average molecular weight is 345 g/mol. The second kappa shape index (κ2) is 7.91. The van der Waals surface area contributed by atoms with Gasteiger partial charge in [-0.15, -0.1) is 0 Å². The normalized spacial score (nSPS) is 10.0. The minimum Gasteiger partial charge on any atom is -0.482 e. The molecule has 2 rings (SSSR count). The topological polar surface area (TPSA) is 105 Å².